The number of aldehydes is 1. The number of ether oxygens (including phenoxy) is 1. The highest BCUT2D eigenvalue weighted by Gasteiger charge is 2.23. The van der Waals surface area contributed by atoms with Crippen LogP contribution in [0.1, 0.15) is 30.1 Å². The number of hydrogen-bond acceptors (Lipinski definition) is 5. The van der Waals surface area contributed by atoms with E-state index in [0.717, 1.165) is 17.5 Å². The largest absolute Gasteiger partial charge is 0.398 e. The monoisotopic (exact) mass is 292 g/mol. The first-order chi connectivity index (χ1) is 10.1. The normalized spacial score (nSPS) is 21.8. The second-order valence-corrected chi connectivity index (χ2v) is 5.18. The number of nitrogens with two attached hydrogens (primary N) is 1. The first-order valence-electron chi connectivity index (χ1n) is 7.01. The van der Waals surface area contributed by atoms with Crippen molar-refractivity contribution in [3.8, 4) is 0 Å². The Morgan fingerprint density at radius 1 is 1.48 bits per heavy atom. The van der Waals surface area contributed by atoms with Crippen LogP contribution in [-0.4, -0.2) is 36.6 Å². The molecule has 1 saturated heterocycles. The van der Waals surface area contributed by atoms with Gasteiger partial charge in [0.25, 0.3) is 5.91 Å². The Labute approximate surface area is 123 Å². The Morgan fingerprint density at radius 2 is 2.29 bits per heavy atom. The zero-order valence-electron chi connectivity index (χ0n) is 11.7. The molecule has 1 aliphatic rings. The summed E-state index contributed by atoms with van der Waals surface area (Å²) in [6, 6.07) is 5.68. The molecule has 0 bridgehead atoms. The maximum atomic E-state index is 10.9. The molecule has 6 heteroatoms. The molecule has 2 rings (SSSR count). The van der Waals surface area contributed by atoms with Gasteiger partial charge in [-0.1, -0.05) is 12.1 Å². The van der Waals surface area contributed by atoms with Crippen molar-refractivity contribution in [2.45, 2.75) is 31.5 Å². The summed E-state index contributed by atoms with van der Waals surface area (Å²) in [7, 11) is 0. The van der Waals surface area contributed by atoms with Gasteiger partial charge in [0.2, 0.25) is 6.29 Å². The molecule has 0 radical (unpaired) electrons. The van der Waals surface area contributed by atoms with Gasteiger partial charge in [0.1, 0.15) is 0 Å². The Bertz CT molecular complexity index is 510. The lowest BCUT2D eigenvalue weighted by molar-refractivity contribution is -0.131. The van der Waals surface area contributed by atoms with E-state index in [1.165, 1.54) is 0 Å². The standard InChI is InChI=1S/C15H20N2O4/c16-13-3-1-10(5-6-17-15(20)8-18)7-12(13)14-4-2-11(19)9-21-14/h1,3,7-8,11,14,19H,2,4-6,9,16H2,(H,17,20)/t11-,14+/m0/s1. The molecule has 0 aliphatic carbocycles. The van der Waals surface area contributed by atoms with Crippen molar-refractivity contribution < 1.29 is 19.4 Å². The third-order valence-electron chi connectivity index (χ3n) is 3.57. The van der Waals surface area contributed by atoms with Gasteiger partial charge < -0.3 is 20.9 Å². The Morgan fingerprint density at radius 3 is 2.95 bits per heavy atom. The van der Waals surface area contributed by atoms with Crippen molar-refractivity contribution in [3.63, 3.8) is 0 Å². The second-order valence-electron chi connectivity index (χ2n) is 5.18. The molecular formula is C15H20N2O4. The number of nitrogen functional groups attached to an aromatic ring is 1. The number of carbonyl (C=O) groups is 2. The van der Waals surface area contributed by atoms with Crippen LogP contribution in [0.2, 0.25) is 0 Å². The van der Waals surface area contributed by atoms with E-state index in [2.05, 4.69) is 5.32 Å². The van der Waals surface area contributed by atoms with E-state index in [4.69, 9.17) is 10.5 Å². The zero-order valence-corrected chi connectivity index (χ0v) is 11.7. The van der Waals surface area contributed by atoms with Gasteiger partial charge in [0, 0.05) is 17.8 Å². The minimum Gasteiger partial charge on any atom is -0.398 e. The minimum absolute atomic E-state index is 0.0992. The lowest BCUT2D eigenvalue weighted by Crippen LogP contribution is -2.26. The quantitative estimate of drug-likeness (QED) is 0.412. The first-order valence-corrected chi connectivity index (χ1v) is 7.01. The average molecular weight is 292 g/mol. The van der Waals surface area contributed by atoms with E-state index in [1.807, 2.05) is 18.2 Å². The van der Waals surface area contributed by atoms with Crippen molar-refractivity contribution in [3.05, 3.63) is 29.3 Å². The topological polar surface area (TPSA) is 102 Å². The number of rotatable bonds is 5. The number of anilines is 1. The summed E-state index contributed by atoms with van der Waals surface area (Å²) in [5.74, 6) is -0.615. The van der Waals surface area contributed by atoms with Crippen LogP contribution in [0.4, 0.5) is 5.69 Å². The number of hydrogen-bond donors (Lipinski definition) is 3. The fourth-order valence-corrected chi connectivity index (χ4v) is 2.41. The molecule has 0 aromatic heterocycles. The Kier molecular flexibility index (Phi) is 5.30. The Hall–Kier alpha value is -1.92. The molecule has 0 unspecified atom stereocenters. The average Bonchev–Trinajstić information content (AvgIpc) is 2.49. The van der Waals surface area contributed by atoms with Crippen molar-refractivity contribution in [1.82, 2.24) is 5.32 Å². The molecule has 1 amide bonds. The van der Waals surface area contributed by atoms with Gasteiger partial charge in [-0.25, -0.2) is 0 Å². The maximum Gasteiger partial charge on any atom is 0.284 e. The molecule has 4 N–H and O–H groups in total. The molecule has 21 heavy (non-hydrogen) atoms. The van der Waals surface area contributed by atoms with Crippen LogP contribution < -0.4 is 11.1 Å². The van der Waals surface area contributed by atoms with Crippen LogP contribution in [0.15, 0.2) is 18.2 Å². The zero-order chi connectivity index (χ0) is 15.2. The van der Waals surface area contributed by atoms with Gasteiger partial charge in [-0.3, -0.25) is 9.59 Å². The van der Waals surface area contributed by atoms with Crippen LogP contribution in [-0.2, 0) is 20.7 Å². The molecule has 1 fully saturated rings. The van der Waals surface area contributed by atoms with E-state index < -0.39 is 12.0 Å². The van der Waals surface area contributed by atoms with Crippen molar-refractivity contribution in [2.75, 3.05) is 18.9 Å². The lowest BCUT2D eigenvalue weighted by atomic mass is 9.96. The second kappa shape index (κ2) is 7.19. The van der Waals surface area contributed by atoms with Crippen LogP contribution in [0.5, 0.6) is 0 Å². The minimum atomic E-state index is -0.615. The molecular weight excluding hydrogens is 272 g/mol. The summed E-state index contributed by atoms with van der Waals surface area (Å²) < 4.78 is 5.63. The predicted molar refractivity (Wildman–Crippen MR) is 77.6 cm³/mol. The maximum absolute atomic E-state index is 10.9. The van der Waals surface area contributed by atoms with Crippen LogP contribution in [0, 0.1) is 0 Å². The molecule has 1 aliphatic heterocycles. The lowest BCUT2D eigenvalue weighted by Gasteiger charge is -2.27. The van der Waals surface area contributed by atoms with E-state index in [0.29, 0.717) is 31.7 Å². The fraction of sp³-hybridized carbons (Fsp3) is 0.467. The molecule has 6 nitrogen and oxygen atoms in total. The summed E-state index contributed by atoms with van der Waals surface area (Å²) in [6.07, 6.45) is 1.81. The van der Waals surface area contributed by atoms with Crippen LogP contribution >= 0.6 is 0 Å². The summed E-state index contributed by atoms with van der Waals surface area (Å²) in [4.78, 5) is 21.1. The number of aliphatic hydroxyl groups is 1. The molecule has 1 aromatic carbocycles. The SMILES string of the molecule is Nc1ccc(CCNC(=O)C=O)cc1[C@H]1CC[C@H](O)CO1. The highest BCUT2D eigenvalue weighted by atomic mass is 16.5. The number of nitrogens with one attached hydrogen (secondary N) is 1. The van der Waals surface area contributed by atoms with Gasteiger partial charge in [0.05, 0.1) is 18.8 Å². The van der Waals surface area contributed by atoms with Crippen molar-refractivity contribution in [1.29, 1.82) is 0 Å². The van der Waals surface area contributed by atoms with Gasteiger partial charge in [-0.2, -0.15) is 0 Å². The fourth-order valence-electron chi connectivity index (χ4n) is 2.41. The van der Waals surface area contributed by atoms with Gasteiger partial charge in [-0.05, 0) is 30.9 Å². The van der Waals surface area contributed by atoms with Crippen molar-refractivity contribution in [2.24, 2.45) is 0 Å². The van der Waals surface area contributed by atoms with E-state index in [-0.39, 0.29) is 12.4 Å². The highest BCUT2D eigenvalue weighted by molar-refractivity contribution is 6.23. The smallest absolute Gasteiger partial charge is 0.284 e. The summed E-state index contributed by atoms with van der Waals surface area (Å²) in [5.41, 5.74) is 8.59. The van der Waals surface area contributed by atoms with Crippen LogP contribution in [0.3, 0.4) is 0 Å². The Balaban J connectivity index is 1.99. The highest BCUT2D eigenvalue weighted by Crippen LogP contribution is 2.32. The summed E-state index contributed by atoms with van der Waals surface area (Å²) in [6.45, 7) is 0.717. The predicted octanol–water partition coefficient (Wildman–Crippen LogP) is 0.339. The van der Waals surface area contributed by atoms with Gasteiger partial charge in [-0.15, -0.1) is 0 Å². The third-order valence-corrected chi connectivity index (χ3v) is 3.57. The van der Waals surface area contributed by atoms with E-state index in [9.17, 15) is 14.7 Å². The number of aliphatic hydroxyl groups excluding tert-OH is 1. The molecule has 114 valence electrons. The van der Waals surface area contributed by atoms with Gasteiger partial charge in [0.15, 0.2) is 0 Å². The van der Waals surface area contributed by atoms with E-state index in [1.54, 1.807) is 0 Å². The number of amides is 1. The molecule has 0 saturated carbocycles. The van der Waals surface area contributed by atoms with E-state index >= 15 is 0 Å². The molecule has 0 spiro atoms. The third kappa shape index (κ3) is 4.27. The van der Waals surface area contributed by atoms with Crippen LogP contribution in [0.25, 0.3) is 0 Å². The van der Waals surface area contributed by atoms with Gasteiger partial charge >= 0.3 is 0 Å². The first kappa shape index (κ1) is 15.5. The summed E-state index contributed by atoms with van der Waals surface area (Å²) in [5, 5.41) is 12.0. The summed E-state index contributed by atoms with van der Waals surface area (Å²) >= 11 is 0. The molecule has 1 heterocycles. The molecule has 2 atom stereocenters. The van der Waals surface area contributed by atoms with Crippen molar-refractivity contribution >= 4 is 17.9 Å². The number of carbonyl (C=O) groups excluding carboxylic acids is 2. The number of benzene rings is 1. The molecule has 1 aromatic rings.